The Bertz CT molecular complexity index is 1750. The van der Waals surface area contributed by atoms with Crippen molar-refractivity contribution in [2.24, 2.45) is 0 Å². The smallest absolute Gasteiger partial charge is 0.251 e. The van der Waals surface area contributed by atoms with Crippen molar-refractivity contribution >= 4 is 27.7 Å². The van der Waals surface area contributed by atoms with Gasteiger partial charge < -0.3 is 15.3 Å². The average Bonchev–Trinajstić information content (AvgIpc) is 3.52. The van der Waals surface area contributed by atoms with Crippen molar-refractivity contribution in [1.29, 1.82) is 0 Å². The third kappa shape index (κ3) is 4.47. The van der Waals surface area contributed by atoms with Crippen molar-refractivity contribution in [3.8, 4) is 22.4 Å². The lowest BCUT2D eigenvalue weighted by atomic mass is 10.0. The number of carbonyl (C=O) groups is 1. The molecule has 0 spiro atoms. The van der Waals surface area contributed by atoms with Crippen LogP contribution in [0, 0.1) is 11.6 Å². The number of aromatic amines is 2. The molecular formula is C30H22F2N4O. The third-order valence-electron chi connectivity index (χ3n) is 6.56. The second-order valence-electron chi connectivity index (χ2n) is 8.91. The Labute approximate surface area is 211 Å². The summed E-state index contributed by atoms with van der Waals surface area (Å²) in [5, 5.41) is 4.89. The second-order valence-corrected chi connectivity index (χ2v) is 8.91. The molecule has 1 amide bonds. The van der Waals surface area contributed by atoms with E-state index in [0.29, 0.717) is 24.2 Å². The number of halogens is 2. The SMILES string of the molecule is O=C(NCCc1c[nH]c2cc(F)ccc12)c1ccnc(-c2ccc3[nH]cc(-c4ccc(F)cc4)c3c2)c1. The molecule has 0 saturated carbocycles. The van der Waals surface area contributed by atoms with Crippen LogP contribution in [0.2, 0.25) is 0 Å². The van der Waals surface area contributed by atoms with Gasteiger partial charge in [0.25, 0.3) is 5.91 Å². The standard InChI is InChI=1S/C30H22F2N4O/c31-22-4-1-18(2-5-22)26-17-36-27-8-3-19(13-25(26)27)28-14-20(9-11-33-28)30(37)34-12-10-21-16-35-29-15-23(32)6-7-24(21)29/h1-9,11,13-17,35-36H,10,12H2,(H,34,37). The first-order chi connectivity index (χ1) is 18.0. The molecule has 182 valence electrons. The van der Waals surface area contributed by atoms with E-state index in [9.17, 15) is 13.6 Å². The quantitative estimate of drug-likeness (QED) is 0.244. The number of nitrogens with zero attached hydrogens (tertiary/aromatic N) is 1. The number of fused-ring (bicyclic) bond motifs is 2. The zero-order chi connectivity index (χ0) is 25.4. The molecule has 0 saturated heterocycles. The van der Waals surface area contributed by atoms with Crippen LogP contribution in [-0.4, -0.2) is 27.4 Å². The van der Waals surface area contributed by atoms with Gasteiger partial charge in [-0.25, -0.2) is 8.78 Å². The van der Waals surface area contributed by atoms with E-state index in [4.69, 9.17) is 0 Å². The highest BCUT2D eigenvalue weighted by atomic mass is 19.1. The maximum atomic E-state index is 13.4. The van der Waals surface area contributed by atoms with Gasteiger partial charge in [-0.1, -0.05) is 18.2 Å². The van der Waals surface area contributed by atoms with Crippen molar-refractivity contribution < 1.29 is 13.6 Å². The molecule has 0 unspecified atom stereocenters. The number of pyridine rings is 1. The fraction of sp³-hybridized carbons (Fsp3) is 0.0667. The number of benzene rings is 3. The van der Waals surface area contributed by atoms with E-state index >= 15 is 0 Å². The molecule has 7 heteroatoms. The van der Waals surface area contributed by atoms with Gasteiger partial charge in [0.2, 0.25) is 0 Å². The molecule has 6 rings (SSSR count). The van der Waals surface area contributed by atoms with E-state index < -0.39 is 0 Å². The Hall–Kier alpha value is -4.78. The summed E-state index contributed by atoms with van der Waals surface area (Å²) < 4.78 is 26.8. The highest BCUT2D eigenvalue weighted by molar-refractivity contribution is 5.99. The van der Waals surface area contributed by atoms with Crippen LogP contribution in [0.1, 0.15) is 15.9 Å². The molecule has 0 bridgehead atoms. The fourth-order valence-electron chi connectivity index (χ4n) is 4.66. The maximum Gasteiger partial charge on any atom is 0.251 e. The molecule has 0 aliphatic carbocycles. The molecule has 5 nitrogen and oxygen atoms in total. The Balaban J connectivity index is 1.20. The van der Waals surface area contributed by atoms with Crippen LogP contribution in [0.3, 0.4) is 0 Å². The van der Waals surface area contributed by atoms with Gasteiger partial charge in [-0.15, -0.1) is 0 Å². The Kier molecular flexibility index (Phi) is 5.73. The van der Waals surface area contributed by atoms with Crippen LogP contribution in [0.15, 0.2) is 91.4 Å². The highest BCUT2D eigenvalue weighted by Gasteiger charge is 2.12. The van der Waals surface area contributed by atoms with E-state index in [1.165, 1.54) is 24.3 Å². The summed E-state index contributed by atoms with van der Waals surface area (Å²) in [5.74, 6) is -0.755. The summed E-state index contributed by atoms with van der Waals surface area (Å²) in [7, 11) is 0. The number of aromatic nitrogens is 3. The Morgan fingerprint density at radius 2 is 1.57 bits per heavy atom. The minimum absolute atomic E-state index is 0.191. The van der Waals surface area contributed by atoms with Crippen LogP contribution >= 0.6 is 0 Å². The lowest BCUT2D eigenvalue weighted by Gasteiger charge is -2.08. The summed E-state index contributed by atoms with van der Waals surface area (Å²) >= 11 is 0. The molecule has 0 aliphatic rings. The third-order valence-corrected chi connectivity index (χ3v) is 6.56. The second kappa shape index (κ2) is 9.35. The summed E-state index contributed by atoms with van der Waals surface area (Å²) in [6.07, 6.45) is 5.99. The molecular weight excluding hydrogens is 470 g/mol. The number of carbonyl (C=O) groups excluding carboxylic acids is 1. The monoisotopic (exact) mass is 492 g/mol. The zero-order valence-electron chi connectivity index (χ0n) is 19.7. The highest BCUT2D eigenvalue weighted by Crippen LogP contribution is 2.32. The Morgan fingerprint density at radius 1 is 0.784 bits per heavy atom. The number of rotatable bonds is 6. The maximum absolute atomic E-state index is 13.4. The van der Waals surface area contributed by atoms with E-state index in [0.717, 1.165) is 44.1 Å². The van der Waals surface area contributed by atoms with Crippen molar-refractivity contribution in [3.63, 3.8) is 0 Å². The number of H-pyrrole nitrogens is 2. The summed E-state index contributed by atoms with van der Waals surface area (Å²) in [6.45, 7) is 0.442. The van der Waals surface area contributed by atoms with Crippen molar-refractivity contribution in [1.82, 2.24) is 20.3 Å². The van der Waals surface area contributed by atoms with Crippen molar-refractivity contribution in [2.45, 2.75) is 6.42 Å². The molecule has 6 aromatic rings. The van der Waals surface area contributed by atoms with Gasteiger partial charge in [-0.2, -0.15) is 0 Å². The van der Waals surface area contributed by atoms with Gasteiger partial charge >= 0.3 is 0 Å². The number of hydrogen-bond acceptors (Lipinski definition) is 2. The Morgan fingerprint density at radius 3 is 2.43 bits per heavy atom. The van der Waals surface area contributed by atoms with Crippen molar-refractivity contribution in [3.05, 3.63) is 114 Å². The van der Waals surface area contributed by atoms with Gasteiger partial charge in [0, 0.05) is 63.6 Å². The van der Waals surface area contributed by atoms with Gasteiger partial charge in [0.05, 0.1) is 5.69 Å². The summed E-state index contributed by atoms with van der Waals surface area (Å²) in [6, 6.07) is 20.4. The van der Waals surface area contributed by atoms with Gasteiger partial charge in [0.1, 0.15) is 11.6 Å². The van der Waals surface area contributed by atoms with Crippen LogP contribution in [0.25, 0.3) is 44.2 Å². The van der Waals surface area contributed by atoms with E-state index in [2.05, 4.69) is 20.3 Å². The first kappa shape index (κ1) is 22.7. The number of nitrogens with one attached hydrogen (secondary N) is 3. The summed E-state index contributed by atoms with van der Waals surface area (Å²) in [5.41, 5.74) is 6.65. The predicted molar refractivity (Wildman–Crippen MR) is 141 cm³/mol. The van der Waals surface area contributed by atoms with E-state index in [-0.39, 0.29) is 17.5 Å². The summed E-state index contributed by atoms with van der Waals surface area (Å²) in [4.78, 5) is 23.7. The van der Waals surface area contributed by atoms with E-state index in [1.54, 1.807) is 36.5 Å². The van der Waals surface area contributed by atoms with Gasteiger partial charge in [0.15, 0.2) is 0 Å². The molecule has 3 N–H and O–H groups in total. The molecule has 0 aliphatic heterocycles. The largest absolute Gasteiger partial charge is 0.361 e. The number of amides is 1. The predicted octanol–water partition coefficient (Wildman–Crippen LogP) is 6.63. The molecule has 0 radical (unpaired) electrons. The lowest BCUT2D eigenvalue weighted by molar-refractivity contribution is 0.0954. The lowest BCUT2D eigenvalue weighted by Crippen LogP contribution is -2.25. The first-order valence-corrected chi connectivity index (χ1v) is 11.9. The molecule has 37 heavy (non-hydrogen) atoms. The molecule has 3 aromatic carbocycles. The minimum atomic E-state index is -0.287. The van der Waals surface area contributed by atoms with Crippen LogP contribution in [-0.2, 0) is 6.42 Å². The molecule has 3 aromatic heterocycles. The molecule has 0 fully saturated rings. The van der Waals surface area contributed by atoms with Gasteiger partial charge in [-0.3, -0.25) is 9.78 Å². The zero-order valence-corrected chi connectivity index (χ0v) is 19.7. The number of hydrogen-bond donors (Lipinski definition) is 3. The van der Waals surface area contributed by atoms with Gasteiger partial charge in [-0.05, 0) is 72.1 Å². The molecule has 0 atom stereocenters. The van der Waals surface area contributed by atoms with Crippen molar-refractivity contribution in [2.75, 3.05) is 6.54 Å². The first-order valence-electron chi connectivity index (χ1n) is 11.9. The van der Waals surface area contributed by atoms with Crippen LogP contribution in [0.4, 0.5) is 8.78 Å². The topological polar surface area (TPSA) is 73.6 Å². The van der Waals surface area contributed by atoms with Crippen LogP contribution in [0.5, 0.6) is 0 Å². The normalized spacial score (nSPS) is 11.3. The minimum Gasteiger partial charge on any atom is -0.361 e. The van der Waals surface area contributed by atoms with Crippen LogP contribution < -0.4 is 5.32 Å². The average molecular weight is 493 g/mol. The van der Waals surface area contributed by atoms with E-state index in [1.807, 2.05) is 30.6 Å². The fourth-order valence-corrected chi connectivity index (χ4v) is 4.66. The molecule has 3 heterocycles.